The monoisotopic (exact) mass is 429 g/mol. The van der Waals surface area contributed by atoms with Crippen molar-refractivity contribution in [2.45, 2.75) is 69.8 Å². The van der Waals surface area contributed by atoms with Crippen molar-refractivity contribution >= 4 is 11.8 Å². The second kappa shape index (κ2) is 8.22. The first kappa shape index (κ1) is 21.7. The highest BCUT2D eigenvalue weighted by Gasteiger charge is 2.48. The molecular weight excluding hydrogens is 400 g/mol. The highest BCUT2D eigenvalue weighted by molar-refractivity contribution is 5.89. The van der Waals surface area contributed by atoms with Crippen LogP contribution in [-0.2, 0) is 11.2 Å². The van der Waals surface area contributed by atoms with Crippen LogP contribution >= 0.6 is 0 Å². The predicted octanol–water partition coefficient (Wildman–Crippen LogP) is 4.47. The minimum absolute atomic E-state index is 0.0844. The summed E-state index contributed by atoms with van der Waals surface area (Å²) in [7, 11) is 0. The molecule has 0 radical (unpaired) electrons. The lowest BCUT2D eigenvalue weighted by atomic mass is 9.92. The maximum atomic E-state index is 14.9. The highest BCUT2D eigenvalue weighted by atomic mass is 19.3. The summed E-state index contributed by atoms with van der Waals surface area (Å²) in [5, 5.41) is 11.9. The summed E-state index contributed by atoms with van der Waals surface area (Å²) < 4.78 is 29.7. The van der Waals surface area contributed by atoms with E-state index in [1.165, 1.54) is 12.8 Å². The summed E-state index contributed by atoms with van der Waals surface area (Å²) in [5.74, 6) is -3.63. The maximum Gasteiger partial charge on any atom is 0.317 e. The Labute approximate surface area is 181 Å². The molecule has 0 unspecified atom stereocenters. The average Bonchev–Trinajstić information content (AvgIpc) is 3.67. The first-order chi connectivity index (χ1) is 14.7. The van der Waals surface area contributed by atoms with Crippen molar-refractivity contribution in [3.05, 3.63) is 35.9 Å². The smallest absolute Gasteiger partial charge is 0.317 e. The Kier molecular flexibility index (Phi) is 5.76. The highest BCUT2D eigenvalue weighted by Crippen LogP contribution is 2.53. The third-order valence-corrected chi connectivity index (χ3v) is 7.17. The number of nitriles is 1. The number of carbonyl (C=O) groups excluding carboxylic acids is 2. The van der Waals surface area contributed by atoms with Crippen molar-refractivity contribution in [1.82, 2.24) is 10.2 Å². The van der Waals surface area contributed by atoms with Crippen molar-refractivity contribution in [2.75, 3.05) is 13.1 Å². The van der Waals surface area contributed by atoms with Gasteiger partial charge in [-0.3, -0.25) is 4.79 Å². The molecule has 1 aromatic rings. The number of Topliss-reactive ketones (excluding diaryl/α,β-unsaturated/α-hetero) is 1. The number of carbonyl (C=O) groups is 2. The number of nitrogens with one attached hydrogen (secondary N) is 1. The van der Waals surface area contributed by atoms with Gasteiger partial charge in [0, 0.05) is 32.4 Å². The molecule has 1 saturated heterocycles. The Morgan fingerprint density at radius 3 is 2.29 bits per heavy atom. The van der Waals surface area contributed by atoms with E-state index in [-0.39, 0.29) is 6.42 Å². The minimum Gasteiger partial charge on any atom is -0.328 e. The standard InChI is InChI=1S/C24H29F2N3O2/c25-24(26,14-18-4-2-1-3-5-18)15-19(20(30)16-23(17-27)8-9-23)28-21(31)29-12-10-22(6-7-22)11-13-29/h1-5,19H,6-16H2,(H,28,31)/t19-/m0/s1. The molecule has 2 saturated carbocycles. The number of hydrogen-bond acceptors (Lipinski definition) is 3. The minimum atomic E-state index is -3.15. The van der Waals surface area contributed by atoms with Crippen molar-refractivity contribution in [2.24, 2.45) is 10.8 Å². The zero-order chi connectivity index (χ0) is 22.1. The molecule has 1 atom stereocenters. The van der Waals surface area contributed by atoms with Gasteiger partial charge in [-0.1, -0.05) is 30.3 Å². The van der Waals surface area contributed by atoms with Gasteiger partial charge in [0.25, 0.3) is 5.92 Å². The summed E-state index contributed by atoms with van der Waals surface area (Å²) in [5.41, 5.74) is 0.129. The lowest BCUT2D eigenvalue weighted by molar-refractivity contribution is -0.124. The van der Waals surface area contributed by atoms with E-state index in [0.29, 0.717) is 36.9 Å². The van der Waals surface area contributed by atoms with E-state index in [1.807, 2.05) is 0 Å². The van der Waals surface area contributed by atoms with E-state index in [9.17, 15) is 23.6 Å². The van der Waals surface area contributed by atoms with Gasteiger partial charge in [-0.05, 0) is 49.5 Å². The van der Waals surface area contributed by atoms with E-state index < -0.39 is 42.0 Å². The molecule has 3 fully saturated rings. The molecule has 3 aliphatic rings. The Morgan fingerprint density at radius 1 is 1.10 bits per heavy atom. The first-order valence-electron chi connectivity index (χ1n) is 11.2. The number of alkyl halides is 2. The number of benzene rings is 1. The summed E-state index contributed by atoms with van der Waals surface area (Å²) in [6, 6.07) is 8.79. The SMILES string of the molecule is N#CC1(CC(=O)[C@H](CC(F)(F)Cc2ccccc2)NC(=O)N2CCC3(CC2)CC3)CC1. The zero-order valence-corrected chi connectivity index (χ0v) is 17.7. The normalized spacial score (nSPS) is 21.8. The van der Waals surface area contributed by atoms with E-state index in [4.69, 9.17) is 0 Å². The first-order valence-corrected chi connectivity index (χ1v) is 11.2. The van der Waals surface area contributed by atoms with Crippen LogP contribution < -0.4 is 5.32 Å². The van der Waals surface area contributed by atoms with Crippen molar-refractivity contribution in [3.63, 3.8) is 0 Å². The molecule has 1 spiro atoms. The number of amides is 2. The van der Waals surface area contributed by atoms with Gasteiger partial charge in [-0.25, -0.2) is 13.6 Å². The van der Waals surface area contributed by atoms with Gasteiger partial charge in [0.15, 0.2) is 5.78 Å². The molecule has 166 valence electrons. The van der Waals surface area contributed by atoms with Gasteiger partial charge in [-0.15, -0.1) is 0 Å². The molecule has 2 amide bonds. The fourth-order valence-corrected chi connectivity index (χ4v) is 4.55. The van der Waals surface area contributed by atoms with Crippen LogP contribution in [0.3, 0.4) is 0 Å². The molecule has 0 aromatic heterocycles. The molecule has 1 heterocycles. The van der Waals surface area contributed by atoms with Gasteiger partial charge in [0.2, 0.25) is 0 Å². The van der Waals surface area contributed by atoms with Crippen LogP contribution in [0.15, 0.2) is 30.3 Å². The molecule has 5 nitrogen and oxygen atoms in total. The quantitative estimate of drug-likeness (QED) is 0.663. The number of hydrogen-bond donors (Lipinski definition) is 1. The molecule has 1 aliphatic heterocycles. The number of piperidine rings is 1. The van der Waals surface area contributed by atoms with Crippen LogP contribution in [0, 0.1) is 22.2 Å². The van der Waals surface area contributed by atoms with Gasteiger partial charge in [0.1, 0.15) is 0 Å². The Hall–Kier alpha value is -2.49. The third-order valence-electron chi connectivity index (χ3n) is 7.17. The van der Waals surface area contributed by atoms with Crippen LogP contribution in [0.25, 0.3) is 0 Å². The Balaban J connectivity index is 1.42. The van der Waals surface area contributed by atoms with Crippen molar-refractivity contribution in [1.29, 1.82) is 5.26 Å². The van der Waals surface area contributed by atoms with Gasteiger partial charge >= 0.3 is 6.03 Å². The lowest BCUT2D eigenvalue weighted by Crippen LogP contribution is -2.52. The van der Waals surface area contributed by atoms with Crippen LogP contribution in [0.4, 0.5) is 13.6 Å². The molecule has 0 bridgehead atoms. The van der Waals surface area contributed by atoms with E-state index in [0.717, 1.165) is 12.8 Å². The van der Waals surface area contributed by atoms with E-state index in [2.05, 4.69) is 11.4 Å². The maximum absolute atomic E-state index is 14.9. The van der Waals surface area contributed by atoms with E-state index in [1.54, 1.807) is 35.2 Å². The van der Waals surface area contributed by atoms with Crippen LogP contribution in [-0.4, -0.2) is 41.8 Å². The zero-order valence-electron chi connectivity index (χ0n) is 17.7. The molecule has 7 heteroatoms. The average molecular weight is 430 g/mol. The summed E-state index contributed by atoms with van der Waals surface area (Å²) in [6.45, 7) is 1.19. The number of halogens is 2. The molecule has 31 heavy (non-hydrogen) atoms. The molecule has 2 aliphatic carbocycles. The predicted molar refractivity (Wildman–Crippen MR) is 111 cm³/mol. The van der Waals surface area contributed by atoms with Crippen molar-refractivity contribution in [3.8, 4) is 6.07 Å². The van der Waals surface area contributed by atoms with E-state index >= 15 is 0 Å². The van der Waals surface area contributed by atoms with Crippen LogP contribution in [0.2, 0.25) is 0 Å². The molecule has 4 rings (SSSR count). The van der Waals surface area contributed by atoms with Gasteiger partial charge < -0.3 is 10.2 Å². The number of nitrogens with zero attached hydrogens (tertiary/aromatic N) is 2. The summed E-state index contributed by atoms with van der Waals surface area (Å²) in [6.07, 6.45) is 4.13. The van der Waals surface area contributed by atoms with Crippen molar-refractivity contribution < 1.29 is 18.4 Å². The fraction of sp³-hybridized carbons (Fsp3) is 0.625. The fourth-order valence-electron chi connectivity index (χ4n) is 4.55. The number of ketones is 1. The van der Waals surface area contributed by atoms with Crippen LogP contribution in [0.5, 0.6) is 0 Å². The Morgan fingerprint density at radius 2 is 1.74 bits per heavy atom. The number of likely N-dealkylation sites (tertiary alicyclic amines) is 1. The van der Waals surface area contributed by atoms with Gasteiger partial charge in [-0.2, -0.15) is 5.26 Å². The number of rotatable bonds is 8. The second-order valence-electron chi connectivity index (χ2n) is 9.75. The van der Waals surface area contributed by atoms with Crippen LogP contribution in [0.1, 0.15) is 56.9 Å². The molecule has 1 N–H and O–H groups in total. The summed E-state index contributed by atoms with van der Waals surface area (Å²) in [4.78, 5) is 27.3. The molecular formula is C24H29F2N3O2. The molecule has 1 aromatic carbocycles. The number of urea groups is 1. The third kappa shape index (κ3) is 5.41. The second-order valence-corrected chi connectivity index (χ2v) is 9.75. The Bertz CT molecular complexity index is 863. The topological polar surface area (TPSA) is 73.2 Å². The van der Waals surface area contributed by atoms with Gasteiger partial charge in [0.05, 0.1) is 17.5 Å². The lowest BCUT2D eigenvalue weighted by Gasteiger charge is -2.34. The summed E-state index contributed by atoms with van der Waals surface area (Å²) >= 11 is 0. The largest absolute Gasteiger partial charge is 0.328 e.